The molecule has 5 heteroatoms. The maximum Gasteiger partial charge on any atom is 0.150 e. The smallest absolute Gasteiger partial charge is 0.150 e. The highest BCUT2D eigenvalue weighted by molar-refractivity contribution is 5.07. The Labute approximate surface area is 106 Å². The number of nitrogens with zero attached hydrogens (tertiary/aromatic N) is 2. The monoisotopic (exact) mass is 250 g/mol. The molecule has 0 atom stereocenters. The molecule has 0 aliphatic carbocycles. The maximum atomic E-state index is 8.92. The number of hydrogen-bond acceptors (Lipinski definition) is 5. The summed E-state index contributed by atoms with van der Waals surface area (Å²) in [5.74, 6) is 2.27. The van der Waals surface area contributed by atoms with Gasteiger partial charge in [0.2, 0.25) is 0 Å². The molecule has 0 bridgehead atoms. The standard InChI is InChI=1S/C13H18N2O3/c1-3-10-6-13(18-14-10)8-15(2)7-11-4-5-12(9-16)17-11/h4-6,16H,3,7-9H2,1-2H3. The van der Waals surface area contributed by atoms with Crippen LogP contribution in [0.25, 0.3) is 0 Å². The Balaban J connectivity index is 1.89. The molecule has 0 aliphatic rings. The van der Waals surface area contributed by atoms with Gasteiger partial charge in [-0.15, -0.1) is 0 Å². The fourth-order valence-corrected chi connectivity index (χ4v) is 1.78. The lowest BCUT2D eigenvalue weighted by molar-refractivity contribution is 0.222. The zero-order valence-electron chi connectivity index (χ0n) is 10.7. The second kappa shape index (κ2) is 5.84. The molecule has 0 spiro atoms. The highest BCUT2D eigenvalue weighted by Crippen LogP contribution is 2.12. The van der Waals surface area contributed by atoms with Crippen LogP contribution in [0.5, 0.6) is 0 Å². The summed E-state index contributed by atoms with van der Waals surface area (Å²) < 4.78 is 10.7. The third kappa shape index (κ3) is 3.21. The van der Waals surface area contributed by atoms with Gasteiger partial charge in [-0.2, -0.15) is 0 Å². The molecule has 2 aromatic rings. The molecule has 18 heavy (non-hydrogen) atoms. The van der Waals surface area contributed by atoms with Crippen molar-refractivity contribution in [2.45, 2.75) is 33.0 Å². The van der Waals surface area contributed by atoms with Gasteiger partial charge in [0.15, 0.2) is 5.76 Å². The van der Waals surface area contributed by atoms with Crippen LogP contribution < -0.4 is 0 Å². The van der Waals surface area contributed by atoms with Crippen molar-refractivity contribution < 1.29 is 14.0 Å². The van der Waals surface area contributed by atoms with Crippen LogP contribution in [0.1, 0.15) is 29.9 Å². The summed E-state index contributed by atoms with van der Waals surface area (Å²) >= 11 is 0. The summed E-state index contributed by atoms with van der Waals surface area (Å²) in [6.07, 6.45) is 0.880. The Morgan fingerprint density at radius 1 is 1.22 bits per heavy atom. The number of aromatic nitrogens is 1. The van der Waals surface area contributed by atoms with Crippen molar-refractivity contribution in [3.05, 3.63) is 41.2 Å². The minimum absolute atomic E-state index is 0.0638. The highest BCUT2D eigenvalue weighted by Gasteiger charge is 2.09. The lowest BCUT2D eigenvalue weighted by atomic mass is 10.3. The van der Waals surface area contributed by atoms with Gasteiger partial charge in [0, 0.05) is 6.07 Å². The largest absolute Gasteiger partial charge is 0.462 e. The van der Waals surface area contributed by atoms with E-state index in [0.717, 1.165) is 23.6 Å². The molecular weight excluding hydrogens is 232 g/mol. The van der Waals surface area contributed by atoms with E-state index in [-0.39, 0.29) is 6.61 Å². The highest BCUT2D eigenvalue weighted by atomic mass is 16.5. The van der Waals surface area contributed by atoms with Crippen molar-refractivity contribution in [1.82, 2.24) is 10.1 Å². The second-order valence-corrected chi connectivity index (χ2v) is 4.34. The van der Waals surface area contributed by atoms with E-state index in [1.807, 2.05) is 26.1 Å². The second-order valence-electron chi connectivity index (χ2n) is 4.34. The minimum atomic E-state index is -0.0638. The van der Waals surface area contributed by atoms with Gasteiger partial charge in [-0.25, -0.2) is 0 Å². The van der Waals surface area contributed by atoms with Crippen LogP contribution in [0.3, 0.4) is 0 Å². The Morgan fingerprint density at radius 2 is 1.94 bits per heavy atom. The third-order valence-corrected chi connectivity index (χ3v) is 2.69. The molecule has 0 fully saturated rings. The summed E-state index contributed by atoms with van der Waals surface area (Å²) in [4.78, 5) is 2.07. The van der Waals surface area contributed by atoms with Gasteiger partial charge >= 0.3 is 0 Å². The van der Waals surface area contributed by atoms with Crippen LogP contribution in [0.2, 0.25) is 0 Å². The molecule has 98 valence electrons. The molecule has 0 unspecified atom stereocenters. The average Bonchev–Trinajstić information content (AvgIpc) is 2.98. The molecule has 0 aliphatic heterocycles. The van der Waals surface area contributed by atoms with Gasteiger partial charge in [-0.1, -0.05) is 12.1 Å². The fourth-order valence-electron chi connectivity index (χ4n) is 1.78. The maximum absolute atomic E-state index is 8.92. The summed E-state index contributed by atoms with van der Waals surface area (Å²) in [7, 11) is 1.98. The van der Waals surface area contributed by atoms with E-state index in [1.54, 1.807) is 6.07 Å². The molecule has 1 N–H and O–H groups in total. The Kier molecular flexibility index (Phi) is 4.17. The van der Waals surface area contributed by atoms with Crippen LogP contribution in [-0.4, -0.2) is 22.2 Å². The Bertz CT molecular complexity index is 446. The number of furan rings is 1. The first-order chi connectivity index (χ1) is 8.71. The molecule has 0 saturated carbocycles. The van der Waals surface area contributed by atoms with E-state index in [1.165, 1.54) is 0 Å². The predicted molar refractivity (Wildman–Crippen MR) is 65.7 cm³/mol. The van der Waals surface area contributed by atoms with Gasteiger partial charge in [0.05, 0.1) is 18.8 Å². The molecule has 5 nitrogen and oxygen atoms in total. The molecule has 0 amide bonds. The number of rotatable bonds is 6. The van der Waals surface area contributed by atoms with E-state index in [0.29, 0.717) is 18.8 Å². The molecular formula is C13H18N2O3. The van der Waals surface area contributed by atoms with E-state index >= 15 is 0 Å². The van der Waals surface area contributed by atoms with Crippen molar-refractivity contribution in [3.8, 4) is 0 Å². The van der Waals surface area contributed by atoms with Crippen LogP contribution in [0.4, 0.5) is 0 Å². The molecule has 2 aromatic heterocycles. The van der Waals surface area contributed by atoms with E-state index in [9.17, 15) is 0 Å². The summed E-state index contributed by atoms with van der Waals surface area (Å²) in [6.45, 7) is 3.33. The first kappa shape index (κ1) is 12.9. The molecule has 0 saturated heterocycles. The van der Waals surface area contributed by atoms with Gasteiger partial charge in [-0.05, 0) is 25.6 Å². The fraction of sp³-hybridized carbons (Fsp3) is 0.462. The predicted octanol–water partition coefficient (Wildman–Crippen LogP) is 1.95. The van der Waals surface area contributed by atoms with E-state index < -0.39 is 0 Å². The topological polar surface area (TPSA) is 62.6 Å². The van der Waals surface area contributed by atoms with Gasteiger partial charge in [-0.3, -0.25) is 4.90 Å². The van der Waals surface area contributed by atoms with Gasteiger partial charge in [0.1, 0.15) is 18.1 Å². The Morgan fingerprint density at radius 3 is 2.56 bits per heavy atom. The zero-order valence-corrected chi connectivity index (χ0v) is 10.7. The minimum Gasteiger partial charge on any atom is -0.462 e. The normalized spacial score (nSPS) is 11.3. The molecule has 0 aromatic carbocycles. The molecule has 2 heterocycles. The first-order valence-electron chi connectivity index (χ1n) is 6.02. The molecule has 2 rings (SSSR count). The van der Waals surface area contributed by atoms with Crippen LogP contribution in [-0.2, 0) is 26.1 Å². The lowest BCUT2D eigenvalue weighted by Crippen LogP contribution is -2.16. The quantitative estimate of drug-likeness (QED) is 0.849. The summed E-state index contributed by atoms with van der Waals surface area (Å²) in [5, 5.41) is 12.9. The van der Waals surface area contributed by atoms with E-state index in [2.05, 4.69) is 10.1 Å². The number of aryl methyl sites for hydroxylation is 1. The lowest BCUT2D eigenvalue weighted by Gasteiger charge is -2.12. The zero-order chi connectivity index (χ0) is 13.0. The van der Waals surface area contributed by atoms with Crippen LogP contribution in [0, 0.1) is 0 Å². The molecule has 0 radical (unpaired) electrons. The summed E-state index contributed by atoms with van der Waals surface area (Å²) in [6, 6.07) is 5.63. The Hall–Kier alpha value is -1.59. The van der Waals surface area contributed by atoms with Crippen molar-refractivity contribution in [2.24, 2.45) is 0 Å². The van der Waals surface area contributed by atoms with Crippen molar-refractivity contribution >= 4 is 0 Å². The van der Waals surface area contributed by atoms with Crippen molar-refractivity contribution in [1.29, 1.82) is 0 Å². The van der Waals surface area contributed by atoms with Crippen LogP contribution >= 0.6 is 0 Å². The van der Waals surface area contributed by atoms with Crippen molar-refractivity contribution in [2.75, 3.05) is 7.05 Å². The average molecular weight is 250 g/mol. The van der Waals surface area contributed by atoms with Gasteiger partial charge in [0.25, 0.3) is 0 Å². The SMILES string of the molecule is CCc1cc(CN(C)Cc2ccc(CO)o2)on1. The van der Waals surface area contributed by atoms with Crippen LogP contribution in [0.15, 0.2) is 27.1 Å². The summed E-state index contributed by atoms with van der Waals surface area (Å²) in [5.41, 5.74) is 0.971. The number of aliphatic hydroxyl groups excluding tert-OH is 1. The van der Waals surface area contributed by atoms with E-state index in [4.69, 9.17) is 14.0 Å². The number of aliphatic hydroxyl groups is 1. The van der Waals surface area contributed by atoms with Gasteiger partial charge < -0.3 is 14.0 Å². The third-order valence-electron chi connectivity index (χ3n) is 2.69. The van der Waals surface area contributed by atoms with Crippen molar-refractivity contribution in [3.63, 3.8) is 0 Å². The number of hydrogen-bond donors (Lipinski definition) is 1. The first-order valence-corrected chi connectivity index (χ1v) is 6.02.